The van der Waals surface area contributed by atoms with Crippen LogP contribution in [0.1, 0.15) is 50.2 Å². The number of hydrogen-bond acceptors (Lipinski definition) is 9. The minimum Gasteiger partial charge on any atom is -0.493 e. The standard InChI is InChI=1S/C35H33FN6O4S2/c1-21-7-8-22(2)27(16-21)41-32(19-37-34(44)24-11-14-29(45-3)30(17-24)46-4)38-39-35(41)48-20-33(43)42-28(23-9-12-25(36)13-10-23)18-26(40-42)31-6-5-15-47-31/h5-17,28H,18-20H2,1-4H3,(H,37,44)/t28-/m1/s1. The molecule has 3 heterocycles. The van der Waals surface area contributed by atoms with E-state index in [9.17, 15) is 14.0 Å². The number of rotatable bonds is 11. The highest BCUT2D eigenvalue weighted by Gasteiger charge is 2.34. The Morgan fingerprint density at radius 1 is 1.00 bits per heavy atom. The van der Waals surface area contributed by atoms with Gasteiger partial charge in [-0.1, -0.05) is 42.1 Å². The van der Waals surface area contributed by atoms with Gasteiger partial charge < -0.3 is 14.8 Å². The van der Waals surface area contributed by atoms with Gasteiger partial charge in [-0.15, -0.1) is 21.5 Å². The molecule has 10 nitrogen and oxygen atoms in total. The highest BCUT2D eigenvalue weighted by Crippen LogP contribution is 2.35. The van der Waals surface area contributed by atoms with Crippen molar-refractivity contribution in [3.63, 3.8) is 0 Å². The number of carbonyl (C=O) groups is 2. The second-order valence-corrected chi connectivity index (χ2v) is 13.0. The number of aromatic nitrogens is 3. The third kappa shape index (κ3) is 6.97. The summed E-state index contributed by atoms with van der Waals surface area (Å²) in [5.74, 6) is 0.600. The SMILES string of the molecule is COc1ccc(C(=O)NCc2nnc(SCC(=O)N3N=C(c4cccs4)C[C@@H]3c3ccc(F)cc3)n2-c2cc(C)ccc2C)cc1OC. The van der Waals surface area contributed by atoms with E-state index in [0.717, 1.165) is 33.0 Å². The van der Waals surface area contributed by atoms with E-state index in [4.69, 9.17) is 14.6 Å². The van der Waals surface area contributed by atoms with Gasteiger partial charge in [-0.05, 0) is 78.4 Å². The summed E-state index contributed by atoms with van der Waals surface area (Å²) < 4.78 is 26.3. The molecule has 0 unspecified atom stereocenters. The minimum absolute atomic E-state index is 0.0277. The van der Waals surface area contributed by atoms with Gasteiger partial charge in [0.25, 0.3) is 11.8 Å². The maximum Gasteiger partial charge on any atom is 0.253 e. The average Bonchev–Trinajstić information content (AvgIpc) is 3.88. The molecule has 5 aromatic rings. The molecule has 13 heteroatoms. The zero-order valence-electron chi connectivity index (χ0n) is 26.8. The molecule has 48 heavy (non-hydrogen) atoms. The number of methoxy groups -OCH3 is 2. The van der Waals surface area contributed by atoms with Gasteiger partial charge in [-0.2, -0.15) is 5.10 Å². The molecule has 1 aliphatic rings. The van der Waals surface area contributed by atoms with E-state index in [1.165, 1.54) is 43.1 Å². The first-order valence-corrected chi connectivity index (χ1v) is 17.0. The predicted molar refractivity (Wildman–Crippen MR) is 184 cm³/mol. The molecule has 0 bridgehead atoms. The predicted octanol–water partition coefficient (Wildman–Crippen LogP) is 6.50. The fraction of sp³-hybridized carbons (Fsp3) is 0.229. The molecule has 0 spiro atoms. The molecule has 0 aliphatic carbocycles. The van der Waals surface area contributed by atoms with Gasteiger partial charge in [0, 0.05) is 12.0 Å². The Morgan fingerprint density at radius 3 is 2.52 bits per heavy atom. The maximum absolute atomic E-state index is 13.8. The van der Waals surface area contributed by atoms with Gasteiger partial charge in [0.1, 0.15) is 5.82 Å². The highest BCUT2D eigenvalue weighted by molar-refractivity contribution is 7.99. The second-order valence-electron chi connectivity index (χ2n) is 11.1. The van der Waals surface area contributed by atoms with Gasteiger partial charge in [0.2, 0.25) is 0 Å². The lowest BCUT2D eigenvalue weighted by Crippen LogP contribution is -2.28. The van der Waals surface area contributed by atoms with Crippen molar-refractivity contribution in [3.8, 4) is 17.2 Å². The number of thiophene rings is 1. The molecule has 1 atom stereocenters. The molecule has 0 saturated carbocycles. The van der Waals surface area contributed by atoms with Crippen LogP contribution in [0.3, 0.4) is 0 Å². The van der Waals surface area contributed by atoms with E-state index >= 15 is 0 Å². The molecule has 0 radical (unpaired) electrons. The number of hydrogen-bond donors (Lipinski definition) is 1. The quantitative estimate of drug-likeness (QED) is 0.158. The van der Waals surface area contributed by atoms with Gasteiger partial charge in [-0.3, -0.25) is 14.2 Å². The Hall–Kier alpha value is -5.01. The molecular formula is C35H33FN6O4S2. The van der Waals surface area contributed by atoms with E-state index in [1.807, 2.05) is 54.1 Å². The Kier molecular flexibility index (Phi) is 9.88. The first-order valence-electron chi connectivity index (χ1n) is 15.1. The average molecular weight is 685 g/mol. The van der Waals surface area contributed by atoms with Crippen LogP contribution in [-0.2, 0) is 11.3 Å². The van der Waals surface area contributed by atoms with Gasteiger partial charge in [0.05, 0.1) is 48.8 Å². The third-order valence-electron chi connectivity index (χ3n) is 7.91. The van der Waals surface area contributed by atoms with Crippen molar-refractivity contribution in [2.45, 2.75) is 38.0 Å². The summed E-state index contributed by atoms with van der Waals surface area (Å²) in [4.78, 5) is 28.0. The lowest BCUT2D eigenvalue weighted by Gasteiger charge is -2.22. The summed E-state index contributed by atoms with van der Waals surface area (Å²) >= 11 is 2.80. The number of ether oxygens (including phenoxy) is 2. The number of benzene rings is 3. The van der Waals surface area contributed by atoms with Gasteiger partial charge in [0.15, 0.2) is 22.5 Å². The van der Waals surface area contributed by atoms with Crippen LogP contribution < -0.4 is 14.8 Å². The molecule has 0 saturated heterocycles. The van der Waals surface area contributed by atoms with E-state index in [0.29, 0.717) is 34.5 Å². The number of hydrazone groups is 1. The molecule has 2 aromatic heterocycles. The topological polar surface area (TPSA) is 111 Å². The molecular weight excluding hydrogens is 652 g/mol. The Morgan fingerprint density at radius 2 is 1.79 bits per heavy atom. The molecule has 0 fully saturated rings. The smallest absolute Gasteiger partial charge is 0.253 e. The number of carbonyl (C=O) groups excluding carboxylic acids is 2. The Labute approximate surface area is 285 Å². The number of aryl methyl sites for hydroxylation is 2. The van der Waals surface area contributed by atoms with Gasteiger partial charge >= 0.3 is 0 Å². The van der Waals surface area contributed by atoms with E-state index in [-0.39, 0.29) is 36.0 Å². The summed E-state index contributed by atoms with van der Waals surface area (Å²) in [6.07, 6.45) is 0.519. The fourth-order valence-electron chi connectivity index (χ4n) is 5.42. The summed E-state index contributed by atoms with van der Waals surface area (Å²) in [5.41, 5.74) is 4.86. The monoisotopic (exact) mass is 684 g/mol. The number of halogens is 1. The molecule has 1 N–H and O–H groups in total. The number of thioether (sulfide) groups is 1. The van der Waals surface area contributed by atoms with Crippen LogP contribution in [0.25, 0.3) is 5.69 Å². The van der Waals surface area contributed by atoms with Crippen molar-refractivity contribution in [1.29, 1.82) is 0 Å². The lowest BCUT2D eigenvalue weighted by atomic mass is 10.0. The molecule has 3 aromatic carbocycles. The zero-order chi connectivity index (χ0) is 33.8. The van der Waals surface area contributed by atoms with Crippen molar-refractivity contribution in [1.82, 2.24) is 25.1 Å². The first kappa shape index (κ1) is 32.9. The third-order valence-corrected chi connectivity index (χ3v) is 9.74. The largest absolute Gasteiger partial charge is 0.493 e. The van der Waals surface area contributed by atoms with Crippen molar-refractivity contribution in [2.24, 2.45) is 5.10 Å². The Bertz CT molecular complexity index is 1980. The number of nitrogens with one attached hydrogen (secondary N) is 1. The molecule has 2 amide bonds. The number of amides is 2. The van der Waals surface area contributed by atoms with Crippen LogP contribution in [0.5, 0.6) is 11.5 Å². The summed E-state index contributed by atoms with van der Waals surface area (Å²) in [7, 11) is 3.04. The van der Waals surface area contributed by atoms with Crippen LogP contribution >= 0.6 is 23.1 Å². The van der Waals surface area contributed by atoms with Crippen LogP contribution in [0.4, 0.5) is 4.39 Å². The fourth-order valence-corrected chi connectivity index (χ4v) is 6.96. The lowest BCUT2D eigenvalue weighted by molar-refractivity contribution is -0.130. The minimum atomic E-state index is -0.366. The van der Waals surface area contributed by atoms with Crippen molar-refractivity contribution < 1.29 is 23.5 Å². The molecule has 1 aliphatic heterocycles. The summed E-state index contributed by atoms with van der Waals surface area (Å²) in [6.45, 7) is 4.06. The molecule has 246 valence electrons. The number of nitrogens with zero attached hydrogens (tertiary/aromatic N) is 5. The van der Waals surface area contributed by atoms with Crippen LogP contribution in [0.15, 0.2) is 88.4 Å². The van der Waals surface area contributed by atoms with Crippen molar-refractivity contribution in [2.75, 3.05) is 20.0 Å². The van der Waals surface area contributed by atoms with Crippen LogP contribution in [0, 0.1) is 19.7 Å². The second kappa shape index (κ2) is 14.4. The highest BCUT2D eigenvalue weighted by atomic mass is 32.2. The van der Waals surface area contributed by atoms with Crippen molar-refractivity contribution >= 4 is 40.6 Å². The van der Waals surface area contributed by atoms with Crippen LogP contribution in [0.2, 0.25) is 0 Å². The van der Waals surface area contributed by atoms with Gasteiger partial charge in [-0.25, -0.2) is 9.40 Å². The maximum atomic E-state index is 13.8. The zero-order valence-corrected chi connectivity index (χ0v) is 28.4. The van der Waals surface area contributed by atoms with Crippen LogP contribution in [-0.4, -0.2) is 57.3 Å². The molecule has 6 rings (SSSR count). The van der Waals surface area contributed by atoms with E-state index in [2.05, 4.69) is 15.5 Å². The Balaban J connectivity index is 1.25. The summed E-state index contributed by atoms with van der Waals surface area (Å²) in [5, 5.41) is 20.5. The first-order chi connectivity index (χ1) is 23.2. The van der Waals surface area contributed by atoms with Crippen molar-refractivity contribution in [3.05, 3.63) is 117 Å². The normalized spacial score (nSPS) is 14.1. The van der Waals surface area contributed by atoms with E-state index in [1.54, 1.807) is 41.7 Å². The summed E-state index contributed by atoms with van der Waals surface area (Å²) in [6, 6.07) is 20.7. The van der Waals surface area contributed by atoms with E-state index < -0.39 is 0 Å².